The molecule has 6 nitrogen and oxygen atoms in total. The van der Waals surface area contributed by atoms with Crippen LogP contribution in [-0.2, 0) is 16.8 Å². The van der Waals surface area contributed by atoms with Gasteiger partial charge in [-0.2, -0.15) is 0 Å². The van der Waals surface area contributed by atoms with Gasteiger partial charge in [0.15, 0.2) is 0 Å². The molecule has 2 aliphatic rings. The molecular weight excluding hydrogens is 316 g/mol. The van der Waals surface area contributed by atoms with Crippen LogP contribution in [0.1, 0.15) is 47.9 Å². The third-order valence-corrected chi connectivity index (χ3v) is 5.46. The van der Waals surface area contributed by atoms with Crippen molar-refractivity contribution in [1.29, 1.82) is 0 Å². The summed E-state index contributed by atoms with van der Waals surface area (Å²) in [6, 6.07) is 8.42. The lowest BCUT2D eigenvalue weighted by Crippen LogP contribution is -2.61. The lowest BCUT2D eigenvalue weighted by atomic mass is 9.70. The maximum absolute atomic E-state index is 13.1. The highest BCUT2D eigenvalue weighted by molar-refractivity contribution is 5.97. The Bertz CT molecular complexity index is 795. The number of hydrogen-bond acceptors (Lipinski definition) is 3. The molecule has 1 aromatic heterocycles. The fraction of sp³-hybridized carbons (Fsp3) is 0.421. The topological polar surface area (TPSA) is 78.1 Å². The molecule has 25 heavy (non-hydrogen) atoms. The number of H-pyrrole nitrogens is 1. The number of carbonyl (C=O) groups is 2. The van der Waals surface area contributed by atoms with Gasteiger partial charge in [-0.25, -0.2) is 4.98 Å². The summed E-state index contributed by atoms with van der Waals surface area (Å²) in [6.07, 6.45) is 5.48. The molecule has 1 unspecified atom stereocenters. The predicted octanol–water partition coefficient (Wildman–Crippen LogP) is 1.99. The smallest absolute Gasteiger partial charge is 0.251 e. The standard InChI is InChI=1S/C19H22N4O2/c1-13(22-17(24)14-6-3-2-4-7-14)18(25)23-11-8-15-16(21-12-20-15)19(23)9-5-10-19/h2-4,6-7,12-13H,5,8-11H2,1H3,(H,20,21)(H,22,24). The molecule has 4 rings (SSSR count). The summed E-state index contributed by atoms with van der Waals surface area (Å²) >= 11 is 0. The first kappa shape index (κ1) is 15.9. The molecule has 2 aromatic rings. The minimum Gasteiger partial charge on any atom is -0.348 e. The van der Waals surface area contributed by atoms with Crippen LogP contribution in [0.5, 0.6) is 0 Å². The molecule has 1 aromatic carbocycles. The van der Waals surface area contributed by atoms with Crippen LogP contribution in [0.2, 0.25) is 0 Å². The summed E-state index contributed by atoms with van der Waals surface area (Å²) < 4.78 is 0. The van der Waals surface area contributed by atoms with Crippen molar-refractivity contribution in [2.75, 3.05) is 6.54 Å². The number of nitrogens with zero attached hydrogens (tertiary/aromatic N) is 2. The Kier molecular flexibility index (Phi) is 3.82. The van der Waals surface area contributed by atoms with Crippen LogP contribution in [0.25, 0.3) is 0 Å². The van der Waals surface area contributed by atoms with Gasteiger partial charge < -0.3 is 15.2 Å². The number of carbonyl (C=O) groups excluding carboxylic acids is 2. The van der Waals surface area contributed by atoms with E-state index in [4.69, 9.17) is 0 Å². The first-order chi connectivity index (χ1) is 12.1. The number of fused-ring (bicyclic) bond motifs is 2. The second kappa shape index (κ2) is 6.02. The van der Waals surface area contributed by atoms with E-state index >= 15 is 0 Å². The summed E-state index contributed by atoms with van der Waals surface area (Å²) in [5, 5.41) is 2.84. The predicted molar refractivity (Wildman–Crippen MR) is 92.9 cm³/mol. The molecule has 0 saturated heterocycles. The monoisotopic (exact) mass is 338 g/mol. The van der Waals surface area contributed by atoms with Crippen LogP contribution >= 0.6 is 0 Å². The fourth-order valence-corrected chi connectivity index (χ4v) is 3.98. The Labute approximate surface area is 146 Å². The van der Waals surface area contributed by atoms with E-state index in [0.29, 0.717) is 12.1 Å². The maximum Gasteiger partial charge on any atom is 0.251 e. The second-order valence-electron chi connectivity index (χ2n) is 6.92. The van der Waals surface area contributed by atoms with E-state index in [1.807, 2.05) is 23.1 Å². The van der Waals surface area contributed by atoms with Gasteiger partial charge in [-0.3, -0.25) is 9.59 Å². The lowest BCUT2D eigenvalue weighted by molar-refractivity contribution is -0.145. The maximum atomic E-state index is 13.1. The number of aromatic amines is 1. The summed E-state index contributed by atoms with van der Waals surface area (Å²) in [5.41, 5.74) is 2.44. The molecule has 130 valence electrons. The van der Waals surface area contributed by atoms with Gasteiger partial charge in [-0.15, -0.1) is 0 Å². The van der Waals surface area contributed by atoms with E-state index in [-0.39, 0.29) is 17.4 Å². The highest BCUT2D eigenvalue weighted by atomic mass is 16.2. The van der Waals surface area contributed by atoms with Crippen molar-refractivity contribution < 1.29 is 9.59 Å². The first-order valence-electron chi connectivity index (χ1n) is 8.82. The average Bonchev–Trinajstić information content (AvgIpc) is 3.08. The van der Waals surface area contributed by atoms with Gasteiger partial charge in [0, 0.05) is 24.2 Å². The third-order valence-electron chi connectivity index (χ3n) is 5.46. The van der Waals surface area contributed by atoms with Crippen LogP contribution < -0.4 is 5.32 Å². The fourth-order valence-electron chi connectivity index (χ4n) is 3.98. The van der Waals surface area contributed by atoms with Gasteiger partial charge in [0.05, 0.1) is 17.6 Å². The molecular formula is C19H22N4O2. The van der Waals surface area contributed by atoms with E-state index in [1.165, 1.54) is 0 Å². The molecule has 1 atom stereocenters. The number of aromatic nitrogens is 2. The highest BCUT2D eigenvalue weighted by Gasteiger charge is 2.51. The summed E-state index contributed by atoms with van der Waals surface area (Å²) in [6.45, 7) is 2.43. The van der Waals surface area contributed by atoms with Crippen molar-refractivity contribution in [3.05, 3.63) is 53.6 Å². The van der Waals surface area contributed by atoms with Crippen LogP contribution in [-0.4, -0.2) is 39.3 Å². The van der Waals surface area contributed by atoms with Crippen molar-refractivity contribution >= 4 is 11.8 Å². The molecule has 1 spiro atoms. The van der Waals surface area contributed by atoms with Crippen molar-refractivity contribution in [3.8, 4) is 0 Å². The molecule has 2 heterocycles. The number of rotatable bonds is 3. The normalized spacial score (nSPS) is 19.0. The molecule has 0 radical (unpaired) electrons. The van der Waals surface area contributed by atoms with Crippen molar-refractivity contribution in [2.24, 2.45) is 0 Å². The van der Waals surface area contributed by atoms with Crippen molar-refractivity contribution in [3.63, 3.8) is 0 Å². The van der Waals surface area contributed by atoms with E-state index in [0.717, 1.165) is 37.1 Å². The van der Waals surface area contributed by atoms with Crippen LogP contribution in [0.4, 0.5) is 0 Å². The molecule has 1 fully saturated rings. The zero-order valence-electron chi connectivity index (χ0n) is 14.3. The average molecular weight is 338 g/mol. The zero-order valence-corrected chi connectivity index (χ0v) is 14.3. The molecule has 1 aliphatic carbocycles. The first-order valence-corrected chi connectivity index (χ1v) is 8.82. The number of amides is 2. The molecule has 0 bridgehead atoms. The SMILES string of the molecule is CC(NC(=O)c1ccccc1)C(=O)N1CCc2[nH]cnc2C12CCC2. The number of hydrogen-bond donors (Lipinski definition) is 2. The van der Waals surface area contributed by atoms with E-state index < -0.39 is 6.04 Å². The number of benzene rings is 1. The Balaban J connectivity index is 1.52. The van der Waals surface area contributed by atoms with E-state index in [2.05, 4.69) is 15.3 Å². The quantitative estimate of drug-likeness (QED) is 0.898. The Morgan fingerprint density at radius 2 is 2.04 bits per heavy atom. The van der Waals surface area contributed by atoms with E-state index in [9.17, 15) is 9.59 Å². The Morgan fingerprint density at radius 3 is 2.72 bits per heavy atom. The number of nitrogens with one attached hydrogen (secondary N) is 2. The highest BCUT2D eigenvalue weighted by Crippen LogP contribution is 2.49. The van der Waals surface area contributed by atoms with Gasteiger partial charge in [-0.05, 0) is 38.3 Å². The van der Waals surface area contributed by atoms with Gasteiger partial charge >= 0.3 is 0 Å². The van der Waals surface area contributed by atoms with Crippen LogP contribution in [0.3, 0.4) is 0 Å². The molecule has 2 amide bonds. The number of imidazole rings is 1. The summed E-state index contributed by atoms with van der Waals surface area (Å²) in [4.78, 5) is 35.1. The molecule has 1 saturated carbocycles. The summed E-state index contributed by atoms with van der Waals surface area (Å²) in [5.74, 6) is -0.251. The lowest BCUT2D eigenvalue weighted by Gasteiger charge is -2.52. The van der Waals surface area contributed by atoms with Crippen LogP contribution in [0.15, 0.2) is 36.7 Å². The van der Waals surface area contributed by atoms with Gasteiger partial charge in [0.25, 0.3) is 5.91 Å². The van der Waals surface area contributed by atoms with Gasteiger partial charge in [0.2, 0.25) is 5.91 Å². The molecule has 1 aliphatic heterocycles. The van der Waals surface area contributed by atoms with Gasteiger partial charge in [0.1, 0.15) is 6.04 Å². The van der Waals surface area contributed by atoms with Crippen LogP contribution in [0, 0.1) is 0 Å². The largest absolute Gasteiger partial charge is 0.348 e. The molecule has 2 N–H and O–H groups in total. The summed E-state index contributed by atoms with van der Waals surface area (Å²) in [7, 11) is 0. The van der Waals surface area contributed by atoms with Crippen molar-refractivity contribution in [1.82, 2.24) is 20.2 Å². The minimum absolute atomic E-state index is 0.0300. The van der Waals surface area contributed by atoms with Gasteiger partial charge in [-0.1, -0.05) is 18.2 Å². The third kappa shape index (κ3) is 2.52. The Hall–Kier alpha value is -2.63. The minimum atomic E-state index is -0.564. The molecule has 6 heteroatoms. The zero-order chi connectivity index (χ0) is 17.4. The second-order valence-corrected chi connectivity index (χ2v) is 6.92. The van der Waals surface area contributed by atoms with Crippen molar-refractivity contribution in [2.45, 2.75) is 44.2 Å². The van der Waals surface area contributed by atoms with E-state index in [1.54, 1.807) is 25.4 Å². The Morgan fingerprint density at radius 1 is 1.28 bits per heavy atom.